The van der Waals surface area contributed by atoms with Crippen molar-refractivity contribution in [3.63, 3.8) is 0 Å². The third-order valence-electron chi connectivity index (χ3n) is 5.09. The number of carbonyl (C=O) groups excluding carboxylic acids is 1. The van der Waals surface area contributed by atoms with Crippen LogP contribution in [0.15, 0.2) is 4.52 Å². The Labute approximate surface area is 157 Å². The molecule has 6 nitrogen and oxygen atoms in total. The van der Waals surface area contributed by atoms with E-state index < -0.39 is 0 Å². The van der Waals surface area contributed by atoms with E-state index in [4.69, 9.17) is 9.26 Å². The summed E-state index contributed by atoms with van der Waals surface area (Å²) in [5, 5.41) is 3.96. The number of likely N-dealkylation sites (tertiary alicyclic amines) is 1. The maximum absolute atomic E-state index is 12.5. The molecule has 0 bridgehead atoms. The molecule has 148 valence electrons. The number of nitrogens with zero attached hydrogens (tertiary/aromatic N) is 3. The SMILES string of the molecule is CCCN(CCC)CCCC(=O)N1CCC(OCc2c(C)noc2C)C1. The van der Waals surface area contributed by atoms with Crippen molar-refractivity contribution < 1.29 is 14.1 Å². The Morgan fingerprint density at radius 1 is 1.27 bits per heavy atom. The van der Waals surface area contributed by atoms with Gasteiger partial charge in [0, 0.05) is 25.1 Å². The van der Waals surface area contributed by atoms with Gasteiger partial charge in [-0.25, -0.2) is 0 Å². The lowest BCUT2D eigenvalue weighted by Crippen LogP contribution is -2.32. The van der Waals surface area contributed by atoms with Gasteiger partial charge in [0.15, 0.2) is 0 Å². The second-order valence-corrected chi connectivity index (χ2v) is 7.31. The zero-order valence-electron chi connectivity index (χ0n) is 16.9. The Morgan fingerprint density at radius 3 is 2.62 bits per heavy atom. The average Bonchev–Trinajstić information content (AvgIpc) is 3.21. The minimum Gasteiger partial charge on any atom is -0.371 e. The number of aryl methyl sites for hydroxylation is 2. The fourth-order valence-corrected chi connectivity index (χ4v) is 3.58. The number of ether oxygens (including phenoxy) is 1. The molecule has 0 spiro atoms. The van der Waals surface area contributed by atoms with Crippen molar-refractivity contribution in [2.45, 2.75) is 72.5 Å². The van der Waals surface area contributed by atoms with Crippen LogP contribution >= 0.6 is 0 Å². The van der Waals surface area contributed by atoms with Crippen LogP contribution in [-0.2, 0) is 16.1 Å². The van der Waals surface area contributed by atoms with Gasteiger partial charge < -0.3 is 19.1 Å². The smallest absolute Gasteiger partial charge is 0.222 e. The highest BCUT2D eigenvalue weighted by Gasteiger charge is 2.27. The maximum Gasteiger partial charge on any atom is 0.222 e. The Bertz CT molecular complexity index is 533. The molecule has 6 heteroatoms. The van der Waals surface area contributed by atoms with E-state index in [1.807, 2.05) is 18.7 Å². The van der Waals surface area contributed by atoms with Crippen LogP contribution in [0.1, 0.15) is 63.0 Å². The van der Waals surface area contributed by atoms with E-state index in [-0.39, 0.29) is 12.0 Å². The van der Waals surface area contributed by atoms with Crippen molar-refractivity contribution >= 4 is 5.91 Å². The molecule has 1 fully saturated rings. The van der Waals surface area contributed by atoms with Gasteiger partial charge in [-0.05, 0) is 59.2 Å². The first-order chi connectivity index (χ1) is 12.5. The summed E-state index contributed by atoms with van der Waals surface area (Å²) < 4.78 is 11.2. The summed E-state index contributed by atoms with van der Waals surface area (Å²) in [5.41, 5.74) is 1.92. The van der Waals surface area contributed by atoms with Crippen LogP contribution in [0, 0.1) is 13.8 Å². The molecular weight excluding hydrogens is 330 g/mol. The summed E-state index contributed by atoms with van der Waals surface area (Å²) in [5.74, 6) is 1.08. The number of amides is 1. The number of hydrogen-bond donors (Lipinski definition) is 0. The molecule has 0 saturated carbocycles. The highest BCUT2D eigenvalue weighted by atomic mass is 16.5. The van der Waals surface area contributed by atoms with Gasteiger partial charge in [-0.3, -0.25) is 4.79 Å². The molecule has 1 aliphatic rings. The van der Waals surface area contributed by atoms with Crippen LogP contribution in [0.5, 0.6) is 0 Å². The molecule has 1 unspecified atom stereocenters. The summed E-state index contributed by atoms with van der Waals surface area (Å²) >= 11 is 0. The Hall–Kier alpha value is -1.40. The summed E-state index contributed by atoms with van der Waals surface area (Å²) in [4.78, 5) is 16.9. The van der Waals surface area contributed by atoms with E-state index in [0.717, 1.165) is 56.0 Å². The lowest BCUT2D eigenvalue weighted by Gasteiger charge is -2.21. The molecule has 2 heterocycles. The molecule has 0 aromatic carbocycles. The van der Waals surface area contributed by atoms with Gasteiger partial charge in [-0.15, -0.1) is 0 Å². The van der Waals surface area contributed by atoms with Crippen molar-refractivity contribution in [1.82, 2.24) is 15.0 Å². The monoisotopic (exact) mass is 365 g/mol. The number of carbonyl (C=O) groups is 1. The van der Waals surface area contributed by atoms with Crippen molar-refractivity contribution in [2.75, 3.05) is 32.7 Å². The molecule has 0 N–H and O–H groups in total. The number of rotatable bonds is 11. The van der Waals surface area contributed by atoms with Crippen LogP contribution in [0.2, 0.25) is 0 Å². The second-order valence-electron chi connectivity index (χ2n) is 7.31. The van der Waals surface area contributed by atoms with E-state index in [9.17, 15) is 4.79 Å². The average molecular weight is 366 g/mol. The van der Waals surface area contributed by atoms with E-state index in [0.29, 0.717) is 19.6 Å². The van der Waals surface area contributed by atoms with Crippen LogP contribution < -0.4 is 0 Å². The lowest BCUT2D eigenvalue weighted by atomic mass is 10.2. The Morgan fingerprint density at radius 2 is 2.00 bits per heavy atom. The van der Waals surface area contributed by atoms with Crippen LogP contribution in [0.25, 0.3) is 0 Å². The highest BCUT2D eigenvalue weighted by molar-refractivity contribution is 5.76. The molecule has 0 radical (unpaired) electrons. The molecule has 26 heavy (non-hydrogen) atoms. The van der Waals surface area contributed by atoms with Gasteiger partial charge in [0.2, 0.25) is 5.91 Å². The van der Waals surface area contributed by atoms with Gasteiger partial charge in [0.1, 0.15) is 5.76 Å². The quantitative estimate of drug-likeness (QED) is 0.602. The van der Waals surface area contributed by atoms with Gasteiger partial charge in [0.05, 0.1) is 18.4 Å². The third-order valence-corrected chi connectivity index (χ3v) is 5.09. The minimum absolute atomic E-state index is 0.115. The zero-order chi connectivity index (χ0) is 18.9. The fourth-order valence-electron chi connectivity index (χ4n) is 3.58. The van der Waals surface area contributed by atoms with Crippen LogP contribution in [0.3, 0.4) is 0 Å². The minimum atomic E-state index is 0.115. The number of hydrogen-bond acceptors (Lipinski definition) is 5. The van der Waals surface area contributed by atoms with Crippen molar-refractivity contribution in [1.29, 1.82) is 0 Å². The molecule has 1 amide bonds. The first kappa shape index (κ1) is 20.9. The predicted molar refractivity (Wildman–Crippen MR) is 102 cm³/mol. The van der Waals surface area contributed by atoms with E-state index in [1.54, 1.807) is 0 Å². The molecule has 1 aromatic heterocycles. The first-order valence-corrected chi connectivity index (χ1v) is 10.1. The van der Waals surface area contributed by atoms with Crippen LogP contribution in [0.4, 0.5) is 0 Å². The molecule has 1 aromatic rings. The van der Waals surface area contributed by atoms with Crippen molar-refractivity contribution in [3.8, 4) is 0 Å². The largest absolute Gasteiger partial charge is 0.371 e. The predicted octanol–water partition coefficient (Wildman–Crippen LogP) is 3.31. The topological polar surface area (TPSA) is 58.8 Å². The summed E-state index contributed by atoms with van der Waals surface area (Å²) in [6, 6.07) is 0. The fraction of sp³-hybridized carbons (Fsp3) is 0.800. The van der Waals surface area contributed by atoms with Crippen molar-refractivity contribution in [2.24, 2.45) is 0 Å². The van der Waals surface area contributed by atoms with Gasteiger partial charge >= 0.3 is 0 Å². The van der Waals surface area contributed by atoms with Crippen molar-refractivity contribution in [3.05, 3.63) is 17.0 Å². The van der Waals surface area contributed by atoms with E-state index in [2.05, 4.69) is 23.9 Å². The zero-order valence-corrected chi connectivity index (χ0v) is 16.9. The molecule has 0 aliphatic carbocycles. The van der Waals surface area contributed by atoms with Gasteiger partial charge in [-0.1, -0.05) is 19.0 Å². The standard InChI is InChI=1S/C20H35N3O3/c1-5-10-22(11-6-2)12-7-8-20(24)23-13-9-18(14-23)25-15-19-16(3)21-26-17(19)4/h18H,5-15H2,1-4H3. The van der Waals surface area contributed by atoms with E-state index >= 15 is 0 Å². The Balaban J connectivity index is 1.68. The molecule has 1 saturated heterocycles. The third kappa shape index (κ3) is 6.09. The summed E-state index contributed by atoms with van der Waals surface area (Å²) in [6.45, 7) is 13.6. The molecule has 1 aliphatic heterocycles. The summed E-state index contributed by atoms with van der Waals surface area (Å²) in [7, 11) is 0. The summed E-state index contributed by atoms with van der Waals surface area (Å²) in [6.07, 6.45) is 4.95. The highest BCUT2D eigenvalue weighted by Crippen LogP contribution is 2.19. The van der Waals surface area contributed by atoms with E-state index in [1.165, 1.54) is 12.8 Å². The molecule has 1 atom stereocenters. The van der Waals surface area contributed by atoms with Gasteiger partial charge in [-0.2, -0.15) is 0 Å². The first-order valence-electron chi connectivity index (χ1n) is 10.1. The molecular formula is C20H35N3O3. The van der Waals surface area contributed by atoms with Gasteiger partial charge in [0.25, 0.3) is 0 Å². The Kier molecular flexibility index (Phi) is 8.59. The van der Waals surface area contributed by atoms with Crippen LogP contribution in [-0.4, -0.2) is 59.7 Å². The maximum atomic E-state index is 12.5. The lowest BCUT2D eigenvalue weighted by molar-refractivity contribution is -0.130. The second kappa shape index (κ2) is 10.7. The molecule has 2 rings (SSSR count). The normalized spacial score (nSPS) is 17.4. The number of aromatic nitrogens is 1.